The fourth-order valence-corrected chi connectivity index (χ4v) is 4.76. The van der Waals surface area contributed by atoms with Crippen LogP contribution >= 0.6 is 22.7 Å². The Kier molecular flexibility index (Phi) is 7.33. The normalized spacial score (nSPS) is 16.9. The van der Waals surface area contributed by atoms with E-state index >= 15 is 0 Å². The van der Waals surface area contributed by atoms with Crippen LogP contribution in [0.2, 0.25) is 0 Å². The van der Waals surface area contributed by atoms with E-state index in [1.165, 1.54) is 35.7 Å². The Morgan fingerprint density at radius 3 is 2.64 bits per heavy atom. The minimum absolute atomic E-state index is 0.412. The summed E-state index contributed by atoms with van der Waals surface area (Å²) >= 11 is 3.66. The molecule has 0 saturated carbocycles. The van der Waals surface area contributed by atoms with Gasteiger partial charge in [0.15, 0.2) is 5.96 Å². The van der Waals surface area contributed by atoms with Crippen molar-refractivity contribution in [2.75, 3.05) is 32.7 Å². The molecule has 2 aromatic rings. The number of guanidine groups is 1. The highest BCUT2D eigenvalue weighted by Crippen LogP contribution is 2.28. The minimum atomic E-state index is 0.412. The van der Waals surface area contributed by atoms with Gasteiger partial charge in [0.2, 0.25) is 0 Å². The average molecular weight is 377 g/mol. The molecule has 0 aromatic carbocycles. The van der Waals surface area contributed by atoms with Crippen molar-refractivity contribution < 1.29 is 0 Å². The zero-order valence-corrected chi connectivity index (χ0v) is 16.5. The van der Waals surface area contributed by atoms with Gasteiger partial charge in [0.1, 0.15) is 0 Å². The second-order valence-electron chi connectivity index (χ2n) is 6.25. The number of likely N-dealkylation sites (tertiary alicyclic amines) is 1. The zero-order valence-electron chi connectivity index (χ0n) is 14.9. The molecule has 1 atom stereocenters. The Morgan fingerprint density at radius 1 is 1.16 bits per heavy atom. The van der Waals surface area contributed by atoms with E-state index in [2.05, 4.69) is 57.5 Å². The van der Waals surface area contributed by atoms with Crippen LogP contribution in [-0.4, -0.2) is 43.6 Å². The molecule has 2 aromatic heterocycles. The summed E-state index contributed by atoms with van der Waals surface area (Å²) in [6.45, 7) is 7.13. The SMILES string of the molecule is CCNC(=NCC(c1cccs1)N1CCCC1)NCCc1cccs1. The van der Waals surface area contributed by atoms with E-state index in [0.29, 0.717) is 6.04 Å². The molecule has 2 N–H and O–H groups in total. The van der Waals surface area contributed by atoms with E-state index in [0.717, 1.165) is 32.0 Å². The summed E-state index contributed by atoms with van der Waals surface area (Å²) in [7, 11) is 0. The van der Waals surface area contributed by atoms with Crippen LogP contribution in [0, 0.1) is 0 Å². The Morgan fingerprint density at radius 2 is 1.96 bits per heavy atom. The third-order valence-corrected chi connectivity index (χ3v) is 6.37. The van der Waals surface area contributed by atoms with Gasteiger partial charge in [0.25, 0.3) is 0 Å². The molecule has 0 bridgehead atoms. The zero-order chi connectivity index (χ0) is 17.3. The fourth-order valence-electron chi connectivity index (χ4n) is 3.20. The van der Waals surface area contributed by atoms with Gasteiger partial charge in [-0.1, -0.05) is 12.1 Å². The molecule has 1 unspecified atom stereocenters. The highest BCUT2D eigenvalue weighted by atomic mass is 32.1. The van der Waals surface area contributed by atoms with Crippen molar-refractivity contribution in [2.45, 2.75) is 32.2 Å². The van der Waals surface area contributed by atoms with Gasteiger partial charge in [0.05, 0.1) is 12.6 Å². The maximum absolute atomic E-state index is 4.90. The number of aliphatic imine (C=N–C) groups is 1. The van der Waals surface area contributed by atoms with Gasteiger partial charge in [-0.15, -0.1) is 22.7 Å². The second-order valence-corrected chi connectivity index (χ2v) is 8.26. The summed E-state index contributed by atoms with van der Waals surface area (Å²) in [5.74, 6) is 0.930. The van der Waals surface area contributed by atoms with E-state index in [1.54, 1.807) is 0 Å². The first-order valence-corrected chi connectivity index (χ1v) is 10.9. The van der Waals surface area contributed by atoms with Crippen molar-refractivity contribution in [2.24, 2.45) is 4.99 Å². The van der Waals surface area contributed by atoms with Crippen molar-refractivity contribution in [3.63, 3.8) is 0 Å². The van der Waals surface area contributed by atoms with Gasteiger partial charge in [-0.3, -0.25) is 9.89 Å². The first kappa shape index (κ1) is 18.4. The van der Waals surface area contributed by atoms with Gasteiger partial charge in [-0.05, 0) is 62.2 Å². The number of thiophene rings is 2. The highest BCUT2D eigenvalue weighted by molar-refractivity contribution is 7.10. The smallest absolute Gasteiger partial charge is 0.191 e. The Bertz CT molecular complexity index is 616. The Labute approximate surface area is 159 Å². The standard InChI is InChI=1S/C19H28N4S2/c1-2-20-19(21-10-9-16-7-5-13-24-16)22-15-17(18-8-6-14-25-18)23-11-3-4-12-23/h5-8,13-14,17H,2-4,9-12,15H2,1H3,(H2,20,21,22). The Balaban J connectivity index is 1.59. The van der Waals surface area contributed by atoms with Crippen LogP contribution < -0.4 is 10.6 Å². The first-order valence-electron chi connectivity index (χ1n) is 9.19. The molecule has 136 valence electrons. The quantitative estimate of drug-likeness (QED) is 0.544. The van der Waals surface area contributed by atoms with Crippen LogP contribution in [0.1, 0.15) is 35.6 Å². The number of hydrogen-bond acceptors (Lipinski definition) is 4. The summed E-state index contributed by atoms with van der Waals surface area (Å²) in [5.41, 5.74) is 0. The maximum Gasteiger partial charge on any atom is 0.191 e. The summed E-state index contributed by atoms with van der Waals surface area (Å²) in [6.07, 6.45) is 3.66. The van der Waals surface area contributed by atoms with Crippen LogP contribution in [0.25, 0.3) is 0 Å². The van der Waals surface area contributed by atoms with Crippen LogP contribution in [0.5, 0.6) is 0 Å². The summed E-state index contributed by atoms with van der Waals surface area (Å²) < 4.78 is 0. The molecule has 1 fully saturated rings. The topological polar surface area (TPSA) is 39.7 Å². The number of nitrogens with one attached hydrogen (secondary N) is 2. The van der Waals surface area contributed by atoms with Gasteiger partial charge in [0, 0.05) is 22.8 Å². The molecule has 4 nitrogen and oxygen atoms in total. The predicted molar refractivity (Wildman–Crippen MR) is 110 cm³/mol. The predicted octanol–water partition coefficient (Wildman–Crippen LogP) is 3.74. The van der Waals surface area contributed by atoms with Crippen molar-refractivity contribution in [3.05, 3.63) is 44.8 Å². The van der Waals surface area contributed by atoms with Crippen molar-refractivity contribution in [1.29, 1.82) is 0 Å². The molecule has 1 saturated heterocycles. The van der Waals surface area contributed by atoms with E-state index in [1.807, 2.05) is 22.7 Å². The van der Waals surface area contributed by atoms with E-state index < -0.39 is 0 Å². The highest BCUT2D eigenvalue weighted by Gasteiger charge is 2.24. The molecule has 0 amide bonds. The van der Waals surface area contributed by atoms with Crippen molar-refractivity contribution in [1.82, 2.24) is 15.5 Å². The molecule has 0 radical (unpaired) electrons. The third kappa shape index (κ3) is 5.56. The van der Waals surface area contributed by atoms with Crippen molar-refractivity contribution in [3.8, 4) is 0 Å². The van der Waals surface area contributed by atoms with Crippen LogP contribution in [0.15, 0.2) is 40.0 Å². The molecule has 0 aliphatic carbocycles. The van der Waals surface area contributed by atoms with Gasteiger partial charge < -0.3 is 10.6 Å². The van der Waals surface area contributed by atoms with Gasteiger partial charge in [-0.25, -0.2) is 0 Å². The van der Waals surface area contributed by atoms with E-state index in [4.69, 9.17) is 4.99 Å². The second kappa shape index (κ2) is 9.94. The molecule has 3 heterocycles. The summed E-state index contributed by atoms with van der Waals surface area (Å²) in [4.78, 5) is 10.3. The molecular weight excluding hydrogens is 348 g/mol. The van der Waals surface area contributed by atoms with E-state index in [-0.39, 0.29) is 0 Å². The van der Waals surface area contributed by atoms with Crippen molar-refractivity contribution >= 4 is 28.6 Å². The van der Waals surface area contributed by atoms with Crippen LogP contribution in [0.3, 0.4) is 0 Å². The lowest BCUT2D eigenvalue weighted by Gasteiger charge is -2.25. The molecule has 6 heteroatoms. The fraction of sp³-hybridized carbons (Fsp3) is 0.526. The number of hydrogen-bond donors (Lipinski definition) is 2. The monoisotopic (exact) mass is 376 g/mol. The van der Waals surface area contributed by atoms with E-state index in [9.17, 15) is 0 Å². The van der Waals surface area contributed by atoms with Gasteiger partial charge >= 0.3 is 0 Å². The first-order chi connectivity index (χ1) is 12.4. The largest absolute Gasteiger partial charge is 0.357 e. The maximum atomic E-state index is 4.90. The summed E-state index contributed by atoms with van der Waals surface area (Å²) in [5, 5.41) is 11.2. The third-order valence-electron chi connectivity index (χ3n) is 4.46. The molecule has 25 heavy (non-hydrogen) atoms. The van der Waals surface area contributed by atoms with Crippen LogP contribution in [0.4, 0.5) is 0 Å². The number of rotatable bonds is 8. The minimum Gasteiger partial charge on any atom is -0.357 e. The lowest BCUT2D eigenvalue weighted by atomic mass is 10.2. The van der Waals surface area contributed by atoms with Crippen LogP contribution in [-0.2, 0) is 6.42 Å². The lowest BCUT2D eigenvalue weighted by Crippen LogP contribution is -2.39. The molecule has 3 rings (SSSR count). The molecule has 1 aliphatic rings. The van der Waals surface area contributed by atoms with Gasteiger partial charge in [-0.2, -0.15) is 0 Å². The molecule has 1 aliphatic heterocycles. The number of nitrogens with zero attached hydrogens (tertiary/aromatic N) is 2. The molecular formula is C19H28N4S2. The average Bonchev–Trinajstić information content (AvgIpc) is 3.38. The Hall–Kier alpha value is -1.37. The lowest BCUT2D eigenvalue weighted by molar-refractivity contribution is 0.255. The molecule has 0 spiro atoms. The summed E-state index contributed by atoms with van der Waals surface area (Å²) in [6, 6.07) is 9.12.